The highest BCUT2D eigenvalue weighted by molar-refractivity contribution is 5.95. The summed E-state index contributed by atoms with van der Waals surface area (Å²) in [6, 6.07) is 3.27. The normalized spacial score (nSPS) is 10.8. The lowest BCUT2D eigenvalue weighted by Gasteiger charge is -2.27. The number of rotatable bonds is 4. The second kappa shape index (κ2) is 5.63. The van der Waals surface area contributed by atoms with Crippen molar-refractivity contribution < 1.29 is 13.6 Å². The fourth-order valence-corrected chi connectivity index (χ4v) is 1.66. The minimum atomic E-state index is -0.898. The summed E-state index contributed by atoms with van der Waals surface area (Å²) in [6.07, 6.45) is 6.35. The van der Waals surface area contributed by atoms with Gasteiger partial charge in [0, 0.05) is 0 Å². The van der Waals surface area contributed by atoms with E-state index in [2.05, 4.69) is 11.2 Å². The van der Waals surface area contributed by atoms with Crippen molar-refractivity contribution in [1.29, 1.82) is 0 Å². The average Bonchev–Trinajstić information content (AvgIpc) is 2.36. The number of nitrogens with one attached hydrogen (secondary N) is 1. The lowest BCUT2D eigenvalue weighted by molar-refractivity contribution is 0.0908. The first kappa shape index (κ1) is 14.2. The Hall–Kier alpha value is -1.89. The molecule has 4 heteroatoms. The second-order valence-electron chi connectivity index (χ2n) is 3.98. The number of carbonyl (C=O) groups is 1. The molecule has 18 heavy (non-hydrogen) atoms. The highest BCUT2D eigenvalue weighted by Gasteiger charge is 2.28. The number of halogens is 2. The Balaban J connectivity index is 3.06. The van der Waals surface area contributed by atoms with Crippen molar-refractivity contribution in [2.75, 3.05) is 0 Å². The zero-order chi connectivity index (χ0) is 13.8. The van der Waals surface area contributed by atoms with Crippen molar-refractivity contribution >= 4 is 5.91 Å². The number of hydrogen-bond acceptors (Lipinski definition) is 1. The summed E-state index contributed by atoms with van der Waals surface area (Å²) in [5.41, 5.74) is -1.47. The van der Waals surface area contributed by atoms with E-state index in [1.807, 2.05) is 0 Å². The van der Waals surface area contributed by atoms with E-state index in [0.717, 1.165) is 12.1 Å². The van der Waals surface area contributed by atoms with E-state index in [4.69, 9.17) is 6.42 Å². The first-order valence-corrected chi connectivity index (χ1v) is 5.74. The van der Waals surface area contributed by atoms with Crippen LogP contribution in [0.15, 0.2) is 18.2 Å². The van der Waals surface area contributed by atoms with Crippen LogP contribution >= 0.6 is 0 Å². The highest BCUT2D eigenvalue weighted by atomic mass is 19.1. The molecule has 0 atom stereocenters. The van der Waals surface area contributed by atoms with Crippen LogP contribution in [-0.4, -0.2) is 11.4 Å². The molecular formula is C14H15F2NO. The third kappa shape index (κ3) is 2.67. The molecule has 0 aliphatic heterocycles. The molecule has 0 saturated carbocycles. The van der Waals surface area contributed by atoms with Crippen LogP contribution in [0.4, 0.5) is 8.78 Å². The molecule has 96 valence electrons. The fourth-order valence-electron chi connectivity index (χ4n) is 1.66. The molecule has 1 amide bonds. The van der Waals surface area contributed by atoms with E-state index in [1.165, 1.54) is 6.07 Å². The van der Waals surface area contributed by atoms with Crippen molar-refractivity contribution in [3.8, 4) is 12.3 Å². The molecule has 0 fully saturated rings. The van der Waals surface area contributed by atoms with Crippen LogP contribution in [0.5, 0.6) is 0 Å². The van der Waals surface area contributed by atoms with Gasteiger partial charge in [0.15, 0.2) is 0 Å². The Morgan fingerprint density at radius 2 is 1.83 bits per heavy atom. The molecular weight excluding hydrogens is 236 g/mol. The molecule has 0 aromatic heterocycles. The number of hydrogen-bond donors (Lipinski definition) is 1. The Labute approximate surface area is 105 Å². The van der Waals surface area contributed by atoms with Gasteiger partial charge in [0.05, 0.1) is 0 Å². The predicted molar refractivity (Wildman–Crippen MR) is 66.0 cm³/mol. The molecule has 0 spiro atoms. The molecule has 1 aromatic rings. The van der Waals surface area contributed by atoms with E-state index in [1.54, 1.807) is 13.8 Å². The molecule has 0 radical (unpaired) electrons. The van der Waals surface area contributed by atoms with Gasteiger partial charge < -0.3 is 5.32 Å². The monoisotopic (exact) mass is 251 g/mol. The Kier molecular flexibility index (Phi) is 4.43. The molecule has 1 rings (SSSR count). The molecule has 0 aliphatic carbocycles. The maximum absolute atomic E-state index is 13.4. The minimum Gasteiger partial charge on any atom is -0.336 e. The van der Waals surface area contributed by atoms with Gasteiger partial charge in [0.1, 0.15) is 22.7 Å². The van der Waals surface area contributed by atoms with Gasteiger partial charge in [-0.3, -0.25) is 4.79 Å². The number of benzene rings is 1. The van der Waals surface area contributed by atoms with E-state index >= 15 is 0 Å². The molecule has 0 unspecified atom stereocenters. The van der Waals surface area contributed by atoms with Crippen molar-refractivity contribution in [2.45, 2.75) is 32.2 Å². The predicted octanol–water partition coefficient (Wildman–Crippen LogP) is 2.89. The molecule has 1 N–H and O–H groups in total. The molecule has 2 nitrogen and oxygen atoms in total. The summed E-state index contributed by atoms with van der Waals surface area (Å²) < 4.78 is 26.9. The van der Waals surface area contributed by atoms with Crippen LogP contribution in [-0.2, 0) is 0 Å². The zero-order valence-electron chi connectivity index (χ0n) is 10.4. The van der Waals surface area contributed by atoms with Crippen LogP contribution in [0.2, 0.25) is 0 Å². The van der Waals surface area contributed by atoms with Gasteiger partial charge in [-0.2, -0.15) is 0 Å². The van der Waals surface area contributed by atoms with Gasteiger partial charge in [-0.05, 0) is 25.0 Å². The summed E-state index contributed by atoms with van der Waals surface area (Å²) in [5, 5.41) is 2.52. The largest absolute Gasteiger partial charge is 0.336 e. The first-order valence-electron chi connectivity index (χ1n) is 5.74. The molecule has 1 aromatic carbocycles. The SMILES string of the molecule is C#CC(CC)(CC)NC(=O)c1c(F)cccc1F. The number of carbonyl (C=O) groups excluding carboxylic acids is 1. The maximum Gasteiger partial charge on any atom is 0.258 e. The summed E-state index contributed by atoms with van der Waals surface area (Å²) in [5.74, 6) is -0.144. The summed E-state index contributed by atoms with van der Waals surface area (Å²) >= 11 is 0. The average molecular weight is 251 g/mol. The van der Waals surface area contributed by atoms with Gasteiger partial charge >= 0.3 is 0 Å². The minimum absolute atomic E-state index is 0.488. The standard InChI is InChI=1S/C14H15F2NO/c1-4-14(5-2,6-3)17-13(18)12-10(15)8-7-9-11(12)16/h1,7-9H,5-6H2,2-3H3,(H,17,18). The quantitative estimate of drug-likeness (QED) is 0.819. The zero-order valence-corrected chi connectivity index (χ0v) is 10.4. The third-order valence-electron chi connectivity index (χ3n) is 3.03. The van der Waals surface area contributed by atoms with Gasteiger partial charge in [0.2, 0.25) is 0 Å². The second-order valence-corrected chi connectivity index (χ2v) is 3.98. The van der Waals surface area contributed by atoms with Crippen molar-refractivity contribution in [2.24, 2.45) is 0 Å². The lowest BCUT2D eigenvalue weighted by Crippen LogP contribution is -2.46. The smallest absolute Gasteiger partial charge is 0.258 e. The Morgan fingerprint density at radius 3 is 2.22 bits per heavy atom. The van der Waals surface area contributed by atoms with Crippen LogP contribution in [0, 0.1) is 24.0 Å². The van der Waals surface area contributed by atoms with Gasteiger partial charge in [-0.15, -0.1) is 6.42 Å². The highest BCUT2D eigenvalue weighted by Crippen LogP contribution is 2.17. The van der Waals surface area contributed by atoms with Crippen LogP contribution < -0.4 is 5.32 Å². The fraction of sp³-hybridized carbons (Fsp3) is 0.357. The third-order valence-corrected chi connectivity index (χ3v) is 3.03. The Bertz CT molecular complexity index is 467. The summed E-state index contributed by atoms with van der Waals surface area (Å²) in [6.45, 7) is 3.61. The van der Waals surface area contributed by atoms with Crippen molar-refractivity contribution in [1.82, 2.24) is 5.32 Å². The van der Waals surface area contributed by atoms with Crippen LogP contribution in [0.3, 0.4) is 0 Å². The van der Waals surface area contributed by atoms with E-state index in [9.17, 15) is 13.6 Å². The molecule has 0 bridgehead atoms. The van der Waals surface area contributed by atoms with E-state index < -0.39 is 28.6 Å². The molecule has 0 heterocycles. The van der Waals surface area contributed by atoms with Crippen LogP contribution in [0.1, 0.15) is 37.0 Å². The lowest BCUT2D eigenvalue weighted by atomic mass is 9.93. The van der Waals surface area contributed by atoms with Gasteiger partial charge in [-0.25, -0.2) is 8.78 Å². The Morgan fingerprint density at radius 1 is 1.33 bits per heavy atom. The van der Waals surface area contributed by atoms with Crippen molar-refractivity contribution in [3.05, 3.63) is 35.4 Å². The number of terminal acetylenes is 1. The van der Waals surface area contributed by atoms with Gasteiger partial charge in [0.25, 0.3) is 5.91 Å². The van der Waals surface area contributed by atoms with Gasteiger partial charge in [-0.1, -0.05) is 25.8 Å². The number of amides is 1. The van der Waals surface area contributed by atoms with Crippen molar-refractivity contribution in [3.63, 3.8) is 0 Å². The maximum atomic E-state index is 13.4. The summed E-state index contributed by atoms with van der Waals surface area (Å²) in [7, 11) is 0. The molecule has 0 saturated heterocycles. The van der Waals surface area contributed by atoms with Crippen LogP contribution in [0.25, 0.3) is 0 Å². The van der Waals surface area contributed by atoms with E-state index in [0.29, 0.717) is 12.8 Å². The van der Waals surface area contributed by atoms with E-state index in [-0.39, 0.29) is 0 Å². The summed E-state index contributed by atoms with van der Waals surface area (Å²) in [4.78, 5) is 11.9. The first-order chi connectivity index (χ1) is 8.49. The topological polar surface area (TPSA) is 29.1 Å². The molecule has 0 aliphatic rings.